The molecule has 2 aromatic heterocycles. The first-order chi connectivity index (χ1) is 6.27. The van der Waals surface area contributed by atoms with Crippen LogP contribution >= 0.6 is 15.9 Å². The SMILES string of the molecule is Fc1cncc(-c2[nH]ncc2Br)c1. The molecule has 0 saturated carbocycles. The first-order valence-electron chi connectivity index (χ1n) is 3.57. The van der Waals surface area contributed by atoms with E-state index >= 15 is 0 Å². The van der Waals surface area contributed by atoms with Gasteiger partial charge in [-0.3, -0.25) is 10.1 Å². The summed E-state index contributed by atoms with van der Waals surface area (Å²) in [6.07, 6.45) is 4.34. The van der Waals surface area contributed by atoms with E-state index < -0.39 is 0 Å². The van der Waals surface area contributed by atoms with Gasteiger partial charge in [0.25, 0.3) is 0 Å². The van der Waals surface area contributed by atoms with E-state index in [0.717, 1.165) is 16.4 Å². The first-order valence-corrected chi connectivity index (χ1v) is 4.36. The van der Waals surface area contributed by atoms with Gasteiger partial charge in [-0.2, -0.15) is 5.10 Å². The van der Waals surface area contributed by atoms with E-state index in [0.29, 0.717) is 5.56 Å². The summed E-state index contributed by atoms with van der Waals surface area (Å²) in [5.74, 6) is -0.362. The third-order valence-electron chi connectivity index (χ3n) is 1.59. The number of H-pyrrole nitrogens is 1. The van der Waals surface area contributed by atoms with Gasteiger partial charge in [0, 0.05) is 11.8 Å². The Morgan fingerprint density at radius 3 is 2.77 bits per heavy atom. The number of nitrogens with zero attached hydrogens (tertiary/aromatic N) is 2. The highest BCUT2D eigenvalue weighted by atomic mass is 79.9. The Morgan fingerprint density at radius 2 is 2.15 bits per heavy atom. The number of nitrogens with one attached hydrogen (secondary N) is 1. The van der Waals surface area contributed by atoms with Crippen LogP contribution in [-0.4, -0.2) is 15.2 Å². The lowest BCUT2D eigenvalue weighted by Gasteiger charge is -1.96. The van der Waals surface area contributed by atoms with Crippen LogP contribution in [0.15, 0.2) is 29.1 Å². The maximum Gasteiger partial charge on any atom is 0.142 e. The van der Waals surface area contributed by atoms with Gasteiger partial charge in [-0.25, -0.2) is 4.39 Å². The Kier molecular flexibility index (Phi) is 2.10. The van der Waals surface area contributed by atoms with Crippen LogP contribution in [-0.2, 0) is 0 Å². The molecule has 5 heteroatoms. The molecule has 0 amide bonds. The summed E-state index contributed by atoms with van der Waals surface area (Å²) in [4.78, 5) is 3.74. The Morgan fingerprint density at radius 1 is 1.31 bits per heavy atom. The number of hydrogen-bond donors (Lipinski definition) is 1. The predicted molar refractivity (Wildman–Crippen MR) is 49.5 cm³/mol. The average molecular weight is 242 g/mol. The van der Waals surface area contributed by atoms with Crippen LogP contribution in [0.4, 0.5) is 4.39 Å². The molecule has 0 unspecified atom stereocenters. The molecular formula is C8H5BrFN3. The van der Waals surface area contributed by atoms with Gasteiger partial charge in [-0.1, -0.05) is 0 Å². The number of aromatic nitrogens is 3. The van der Waals surface area contributed by atoms with Crippen molar-refractivity contribution in [2.24, 2.45) is 0 Å². The molecule has 2 aromatic rings. The van der Waals surface area contributed by atoms with Crippen LogP contribution in [0.3, 0.4) is 0 Å². The molecule has 0 aliphatic heterocycles. The number of aromatic amines is 1. The second-order valence-electron chi connectivity index (χ2n) is 2.48. The third kappa shape index (κ3) is 1.60. The van der Waals surface area contributed by atoms with Crippen molar-refractivity contribution >= 4 is 15.9 Å². The van der Waals surface area contributed by atoms with Crippen LogP contribution < -0.4 is 0 Å². The Labute approximate surface area is 82.1 Å². The fourth-order valence-corrected chi connectivity index (χ4v) is 1.44. The van der Waals surface area contributed by atoms with Gasteiger partial charge in [0.2, 0.25) is 0 Å². The predicted octanol–water partition coefficient (Wildman–Crippen LogP) is 2.37. The van der Waals surface area contributed by atoms with E-state index in [1.54, 1.807) is 12.4 Å². The molecule has 0 fully saturated rings. The fraction of sp³-hybridized carbons (Fsp3) is 0. The smallest absolute Gasteiger partial charge is 0.142 e. The fourth-order valence-electron chi connectivity index (χ4n) is 1.02. The van der Waals surface area contributed by atoms with E-state index in [1.807, 2.05) is 0 Å². The van der Waals surface area contributed by atoms with Gasteiger partial charge in [-0.05, 0) is 22.0 Å². The number of halogens is 2. The molecule has 0 aliphatic carbocycles. The zero-order valence-corrected chi connectivity index (χ0v) is 8.05. The zero-order chi connectivity index (χ0) is 9.26. The number of rotatable bonds is 1. The van der Waals surface area contributed by atoms with Crippen molar-refractivity contribution in [1.82, 2.24) is 15.2 Å². The lowest BCUT2D eigenvalue weighted by molar-refractivity contribution is 0.622. The van der Waals surface area contributed by atoms with Gasteiger partial charge in [0.05, 0.1) is 22.6 Å². The van der Waals surface area contributed by atoms with E-state index in [9.17, 15) is 4.39 Å². The van der Waals surface area contributed by atoms with Crippen LogP contribution in [0.25, 0.3) is 11.3 Å². The third-order valence-corrected chi connectivity index (χ3v) is 2.19. The molecule has 0 saturated heterocycles. The first kappa shape index (κ1) is 8.37. The van der Waals surface area contributed by atoms with Crippen molar-refractivity contribution in [2.45, 2.75) is 0 Å². The summed E-state index contributed by atoms with van der Waals surface area (Å²) in [5.41, 5.74) is 1.40. The maximum atomic E-state index is 12.8. The van der Waals surface area contributed by atoms with Crippen molar-refractivity contribution in [2.75, 3.05) is 0 Å². The highest BCUT2D eigenvalue weighted by Crippen LogP contribution is 2.24. The summed E-state index contributed by atoms with van der Waals surface area (Å²) in [5, 5.41) is 6.55. The van der Waals surface area contributed by atoms with Crippen molar-refractivity contribution in [3.63, 3.8) is 0 Å². The minimum Gasteiger partial charge on any atom is -0.277 e. The summed E-state index contributed by atoms with van der Waals surface area (Å²) in [6.45, 7) is 0. The lowest BCUT2D eigenvalue weighted by atomic mass is 10.2. The summed E-state index contributed by atoms with van der Waals surface area (Å²) >= 11 is 3.28. The molecule has 0 spiro atoms. The minimum absolute atomic E-state index is 0.362. The quantitative estimate of drug-likeness (QED) is 0.833. The van der Waals surface area contributed by atoms with Gasteiger partial charge in [0.1, 0.15) is 5.82 Å². The second kappa shape index (κ2) is 3.26. The van der Waals surface area contributed by atoms with Gasteiger partial charge in [-0.15, -0.1) is 0 Å². The van der Waals surface area contributed by atoms with Crippen LogP contribution in [0.1, 0.15) is 0 Å². The Balaban J connectivity index is 2.53. The largest absolute Gasteiger partial charge is 0.277 e. The molecule has 1 N–H and O–H groups in total. The van der Waals surface area contributed by atoms with Gasteiger partial charge >= 0.3 is 0 Å². The number of pyridine rings is 1. The Hall–Kier alpha value is -1.23. The molecule has 13 heavy (non-hydrogen) atoms. The van der Waals surface area contributed by atoms with Crippen molar-refractivity contribution < 1.29 is 4.39 Å². The van der Waals surface area contributed by atoms with Gasteiger partial charge < -0.3 is 0 Å². The molecule has 66 valence electrons. The normalized spacial score (nSPS) is 10.3. The Bertz CT molecular complexity index is 427. The summed E-state index contributed by atoms with van der Waals surface area (Å²) in [7, 11) is 0. The van der Waals surface area contributed by atoms with Crippen LogP contribution in [0.2, 0.25) is 0 Å². The van der Waals surface area contributed by atoms with Crippen molar-refractivity contribution in [3.05, 3.63) is 34.9 Å². The van der Waals surface area contributed by atoms with Crippen molar-refractivity contribution in [3.8, 4) is 11.3 Å². The summed E-state index contributed by atoms with van der Waals surface area (Å²) in [6, 6.07) is 1.39. The summed E-state index contributed by atoms with van der Waals surface area (Å²) < 4.78 is 13.6. The monoisotopic (exact) mass is 241 g/mol. The van der Waals surface area contributed by atoms with Gasteiger partial charge in [0.15, 0.2) is 0 Å². The number of hydrogen-bond acceptors (Lipinski definition) is 2. The van der Waals surface area contributed by atoms with Crippen LogP contribution in [0.5, 0.6) is 0 Å². The zero-order valence-electron chi connectivity index (χ0n) is 6.46. The van der Waals surface area contributed by atoms with E-state index in [4.69, 9.17) is 0 Å². The lowest BCUT2D eigenvalue weighted by Crippen LogP contribution is -1.83. The highest BCUT2D eigenvalue weighted by Gasteiger charge is 2.05. The van der Waals surface area contributed by atoms with E-state index in [-0.39, 0.29) is 5.82 Å². The topological polar surface area (TPSA) is 41.6 Å². The molecular weight excluding hydrogens is 237 g/mol. The standard InChI is InChI=1S/C8H5BrFN3/c9-7-4-12-13-8(7)5-1-6(10)3-11-2-5/h1-4H,(H,12,13). The average Bonchev–Trinajstić information content (AvgIpc) is 2.51. The van der Waals surface area contributed by atoms with Crippen molar-refractivity contribution in [1.29, 1.82) is 0 Å². The molecule has 0 bridgehead atoms. The highest BCUT2D eigenvalue weighted by molar-refractivity contribution is 9.10. The minimum atomic E-state index is -0.362. The van der Waals surface area contributed by atoms with E-state index in [2.05, 4.69) is 31.1 Å². The molecule has 0 aliphatic rings. The second-order valence-corrected chi connectivity index (χ2v) is 3.34. The van der Waals surface area contributed by atoms with Crippen LogP contribution in [0, 0.1) is 5.82 Å². The molecule has 2 rings (SSSR count). The molecule has 0 atom stereocenters. The molecule has 3 nitrogen and oxygen atoms in total. The van der Waals surface area contributed by atoms with E-state index in [1.165, 1.54) is 6.07 Å². The molecule has 2 heterocycles. The molecule has 0 radical (unpaired) electrons. The molecule has 0 aromatic carbocycles. The maximum absolute atomic E-state index is 12.8.